The van der Waals surface area contributed by atoms with Crippen LogP contribution < -0.4 is 0 Å². The van der Waals surface area contributed by atoms with Gasteiger partial charge in [0, 0.05) is 18.9 Å². The van der Waals surface area contributed by atoms with Gasteiger partial charge in [0.25, 0.3) is 0 Å². The molecule has 0 saturated heterocycles. The number of tetrazole rings is 1. The lowest BCUT2D eigenvalue weighted by Gasteiger charge is -2.30. The first kappa shape index (κ1) is 19.0. The van der Waals surface area contributed by atoms with Gasteiger partial charge < -0.3 is 0 Å². The Morgan fingerprint density at radius 3 is 2.28 bits per heavy atom. The summed E-state index contributed by atoms with van der Waals surface area (Å²) in [7, 11) is 0. The first-order valence-electron chi connectivity index (χ1n) is 9.83. The van der Waals surface area contributed by atoms with Crippen LogP contribution in [0.4, 0.5) is 0 Å². The third-order valence-corrected chi connectivity index (χ3v) is 4.98. The van der Waals surface area contributed by atoms with E-state index in [2.05, 4.69) is 74.8 Å². The van der Waals surface area contributed by atoms with E-state index in [-0.39, 0.29) is 6.04 Å². The summed E-state index contributed by atoms with van der Waals surface area (Å²) in [5, 5.41) is 12.7. The van der Waals surface area contributed by atoms with Crippen LogP contribution in [0.3, 0.4) is 0 Å². The fourth-order valence-corrected chi connectivity index (χ4v) is 3.54. The summed E-state index contributed by atoms with van der Waals surface area (Å²) in [5.74, 6) is 0.819. The number of hydrogen-bond donors (Lipinski definition) is 0. The molecule has 6 heteroatoms. The Labute approximate surface area is 170 Å². The van der Waals surface area contributed by atoms with Crippen LogP contribution in [0.1, 0.15) is 35.5 Å². The van der Waals surface area contributed by atoms with Crippen molar-refractivity contribution in [1.82, 2.24) is 30.1 Å². The second kappa shape index (κ2) is 9.21. The summed E-state index contributed by atoms with van der Waals surface area (Å²) in [4.78, 5) is 6.72. The molecule has 2 heterocycles. The Hall–Kier alpha value is -3.38. The first-order valence-corrected chi connectivity index (χ1v) is 9.83. The van der Waals surface area contributed by atoms with E-state index in [1.54, 1.807) is 6.20 Å². The summed E-state index contributed by atoms with van der Waals surface area (Å²) >= 11 is 0. The highest BCUT2D eigenvalue weighted by Crippen LogP contribution is 2.28. The van der Waals surface area contributed by atoms with Gasteiger partial charge in [-0.3, -0.25) is 9.88 Å². The second-order valence-electron chi connectivity index (χ2n) is 6.92. The van der Waals surface area contributed by atoms with Crippen molar-refractivity contribution in [3.05, 3.63) is 108 Å². The monoisotopic (exact) mass is 384 g/mol. The standard InChI is InChI=1S/C23H24N6/c1-2-28(17-19-10-5-3-6-11-19)22(21-14-9-15-24-16-21)23-25-26-27-29(23)18-20-12-7-4-8-13-20/h3-16,22H,2,17-18H2,1H3/t22-/m0/s1. The van der Waals surface area contributed by atoms with E-state index in [9.17, 15) is 0 Å². The molecule has 0 saturated carbocycles. The minimum absolute atomic E-state index is 0.0902. The minimum atomic E-state index is -0.0902. The predicted molar refractivity (Wildman–Crippen MR) is 112 cm³/mol. The van der Waals surface area contributed by atoms with Crippen molar-refractivity contribution in [1.29, 1.82) is 0 Å². The molecule has 0 aliphatic rings. The second-order valence-corrected chi connectivity index (χ2v) is 6.92. The smallest absolute Gasteiger partial charge is 0.173 e. The molecule has 2 aromatic carbocycles. The average molecular weight is 384 g/mol. The lowest BCUT2D eigenvalue weighted by Crippen LogP contribution is -2.31. The Balaban J connectivity index is 1.71. The quantitative estimate of drug-likeness (QED) is 0.463. The van der Waals surface area contributed by atoms with Gasteiger partial charge in [-0.15, -0.1) is 5.10 Å². The molecule has 0 N–H and O–H groups in total. The van der Waals surface area contributed by atoms with Gasteiger partial charge in [0.1, 0.15) is 0 Å². The number of hydrogen-bond acceptors (Lipinski definition) is 5. The van der Waals surface area contributed by atoms with Crippen molar-refractivity contribution in [2.75, 3.05) is 6.54 Å². The van der Waals surface area contributed by atoms with Crippen molar-refractivity contribution in [3.8, 4) is 0 Å². The van der Waals surface area contributed by atoms with Crippen molar-refractivity contribution >= 4 is 0 Å². The molecule has 0 spiro atoms. The summed E-state index contributed by atoms with van der Waals surface area (Å²) in [6, 6.07) is 24.7. The van der Waals surface area contributed by atoms with Crippen molar-refractivity contribution in [2.24, 2.45) is 0 Å². The molecule has 29 heavy (non-hydrogen) atoms. The zero-order valence-electron chi connectivity index (χ0n) is 16.5. The molecule has 4 rings (SSSR count). The molecule has 0 bridgehead atoms. The van der Waals surface area contributed by atoms with Gasteiger partial charge in [-0.25, -0.2) is 4.68 Å². The number of aromatic nitrogens is 5. The van der Waals surface area contributed by atoms with Gasteiger partial charge in [-0.05, 0) is 39.7 Å². The van der Waals surface area contributed by atoms with Gasteiger partial charge in [0.15, 0.2) is 5.82 Å². The van der Waals surface area contributed by atoms with Crippen molar-refractivity contribution in [2.45, 2.75) is 26.1 Å². The Kier molecular flexibility index (Phi) is 6.02. The van der Waals surface area contributed by atoms with Gasteiger partial charge >= 0.3 is 0 Å². The zero-order chi connectivity index (χ0) is 19.9. The largest absolute Gasteiger partial charge is 0.286 e. The highest BCUT2D eigenvalue weighted by molar-refractivity contribution is 5.24. The maximum Gasteiger partial charge on any atom is 0.173 e. The summed E-state index contributed by atoms with van der Waals surface area (Å²) in [6.45, 7) is 4.45. The van der Waals surface area contributed by atoms with E-state index in [4.69, 9.17) is 0 Å². The average Bonchev–Trinajstić information content (AvgIpc) is 3.23. The molecule has 1 atom stereocenters. The van der Waals surface area contributed by atoms with E-state index in [1.165, 1.54) is 5.56 Å². The third kappa shape index (κ3) is 4.55. The van der Waals surface area contributed by atoms with Crippen molar-refractivity contribution in [3.63, 3.8) is 0 Å². The highest BCUT2D eigenvalue weighted by atomic mass is 15.5. The molecular formula is C23H24N6. The maximum atomic E-state index is 4.43. The Morgan fingerprint density at radius 1 is 0.897 bits per heavy atom. The Bertz CT molecular complexity index is 1000. The van der Waals surface area contributed by atoms with Gasteiger partial charge in [0.2, 0.25) is 0 Å². The van der Waals surface area contributed by atoms with Gasteiger partial charge in [-0.2, -0.15) is 0 Å². The van der Waals surface area contributed by atoms with Crippen LogP contribution in [0.5, 0.6) is 0 Å². The van der Waals surface area contributed by atoms with Gasteiger partial charge in [0.05, 0.1) is 12.6 Å². The third-order valence-electron chi connectivity index (χ3n) is 4.98. The van der Waals surface area contributed by atoms with Crippen LogP contribution in [0.25, 0.3) is 0 Å². The number of pyridine rings is 1. The van der Waals surface area contributed by atoms with Crippen molar-refractivity contribution < 1.29 is 0 Å². The molecule has 4 aromatic rings. The topological polar surface area (TPSA) is 59.7 Å². The first-order chi connectivity index (χ1) is 14.3. The highest BCUT2D eigenvalue weighted by Gasteiger charge is 2.27. The lowest BCUT2D eigenvalue weighted by atomic mass is 10.0. The van der Waals surface area contributed by atoms with Crippen LogP contribution in [0.15, 0.2) is 85.2 Å². The molecule has 0 fully saturated rings. The minimum Gasteiger partial charge on any atom is -0.286 e. The number of nitrogens with zero attached hydrogens (tertiary/aromatic N) is 6. The van der Waals surface area contributed by atoms with E-state index in [1.807, 2.05) is 41.2 Å². The summed E-state index contributed by atoms with van der Waals surface area (Å²) in [5.41, 5.74) is 3.50. The molecule has 0 radical (unpaired) electrons. The SMILES string of the molecule is CCN(Cc1ccccc1)[C@@H](c1cccnc1)c1nnnn1Cc1ccccc1. The van der Waals surface area contributed by atoms with Crippen LogP contribution in [-0.4, -0.2) is 36.6 Å². The molecular weight excluding hydrogens is 360 g/mol. The van der Waals surface area contributed by atoms with E-state index in [0.717, 1.165) is 30.0 Å². The van der Waals surface area contributed by atoms with Crippen LogP contribution in [0.2, 0.25) is 0 Å². The molecule has 0 amide bonds. The lowest BCUT2D eigenvalue weighted by molar-refractivity contribution is 0.215. The summed E-state index contributed by atoms with van der Waals surface area (Å²) < 4.78 is 1.89. The fourth-order valence-electron chi connectivity index (χ4n) is 3.54. The molecule has 0 aliphatic carbocycles. The molecule has 0 unspecified atom stereocenters. The molecule has 146 valence electrons. The van der Waals surface area contributed by atoms with E-state index >= 15 is 0 Å². The van der Waals surface area contributed by atoms with Crippen LogP contribution >= 0.6 is 0 Å². The number of benzene rings is 2. The van der Waals surface area contributed by atoms with E-state index < -0.39 is 0 Å². The van der Waals surface area contributed by atoms with Crippen LogP contribution in [0, 0.1) is 0 Å². The molecule has 6 nitrogen and oxygen atoms in total. The summed E-state index contributed by atoms with van der Waals surface area (Å²) in [6.07, 6.45) is 3.70. The maximum absolute atomic E-state index is 4.43. The fraction of sp³-hybridized carbons (Fsp3) is 0.217. The molecule has 2 aromatic heterocycles. The van der Waals surface area contributed by atoms with Gasteiger partial charge in [-0.1, -0.05) is 73.7 Å². The van der Waals surface area contributed by atoms with Crippen LogP contribution in [-0.2, 0) is 13.1 Å². The predicted octanol–water partition coefficient (Wildman–Crippen LogP) is 3.73. The Morgan fingerprint density at radius 2 is 1.62 bits per heavy atom. The normalized spacial score (nSPS) is 12.2. The van der Waals surface area contributed by atoms with E-state index in [0.29, 0.717) is 6.54 Å². The number of rotatable bonds is 8. The zero-order valence-corrected chi connectivity index (χ0v) is 16.5. The molecule has 0 aliphatic heterocycles.